The van der Waals surface area contributed by atoms with Crippen molar-refractivity contribution in [2.24, 2.45) is 0 Å². The van der Waals surface area contributed by atoms with Gasteiger partial charge in [0, 0.05) is 18.1 Å². The molecule has 0 fully saturated rings. The van der Waals surface area contributed by atoms with Gasteiger partial charge < -0.3 is 9.88 Å². The Morgan fingerprint density at radius 2 is 2.31 bits per heavy atom. The van der Waals surface area contributed by atoms with E-state index in [2.05, 4.69) is 10.3 Å². The maximum absolute atomic E-state index is 13.7. The van der Waals surface area contributed by atoms with Gasteiger partial charge in [-0.05, 0) is 25.1 Å². The summed E-state index contributed by atoms with van der Waals surface area (Å²) < 4.78 is 15.4. The number of nitrogens with zero attached hydrogens (tertiary/aromatic N) is 2. The van der Waals surface area contributed by atoms with E-state index >= 15 is 0 Å². The van der Waals surface area contributed by atoms with E-state index in [1.807, 2.05) is 0 Å². The van der Waals surface area contributed by atoms with Gasteiger partial charge in [-0.3, -0.25) is 4.79 Å². The highest BCUT2D eigenvalue weighted by molar-refractivity contribution is 5.71. The van der Waals surface area contributed by atoms with Crippen LogP contribution in [0.25, 0.3) is 5.69 Å². The summed E-state index contributed by atoms with van der Waals surface area (Å²) in [6, 6.07) is 4.49. The fraction of sp³-hybridized carbons (Fsp3) is 0.0909. The van der Waals surface area contributed by atoms with Crippen LogP contribution in [0.3, 0.4) is 0 Å². The number of carbonyl (C=O) groups excluding carboxylic acids is 1. The number of halogens is 1. The summed E-state index contributed by atoms with van der Waals surface area (Å²) in [4.78, 5) is 14.2. The number of hydrogen-bond donors (Lipinski definition) is 1. The molecule has 4 nitrogen and oxygen atoms in total. The first-order valence-electron chi connectivity index (χ1n) is 4.72. The van der Waals surface area contributed by atoms with Gasteiger partial charge in [-0.2, -0.15) is 0 Å². The Bertz CT molecular complexity index is 522. The van der Waals surface area contributed by atoms with Crippen LogP contribution in [0.2, 0.25) is 0 Å². The molecule has 5 heteroatoms. The van der Waals surface area contributed by atoms with Crippen molar-refractivity contribution in [3.63, 3.8) is 0 Å². The minimum Gasteiger partial charge on any atom is -0.329 e. The van der Waals surface area contributed by atoms with E-state index in [0.29, 0.717) is 23.6 Å². The first kappa shape index (κ1) is 10.4. The Labute approximate surface area is 91.7 Å². The molecule has 0 saturated carbocycles. The Hall–Kier alpha value is -2.17. The van der Waals surface area contributed by atoms with Gasteiger partial charge in [-0.1, -0.05) is 0 Å². The Morgan fingerprint density at radius 1 is 1.50 bits per heavy atom. The number of benzene rings is 1. The molecule has 1 N–H and O–H groups in total. The molecule has 0 aliphatic carbocycles. The lowest BCUT2D eigenvalue weighted by Crippen LogP contribution is -2.01. The zero-order chi connectivity index (χ0) is 11.5. The molecule has 0 unspecified atom stereocenters. The summed E-state index contributed by atoms with van der Waals surface area (Å²) in [5.74, 6) is 0.294. The largest absolute Gasteiger partial charge is 0.329 e. The fourth-order valence-corrected chi connectivity index (χ4v) is 1.49. The Balaban J connectivity index is 2.44. The van der Waals surface area contributed by atoms with Crippen LogP contribution < -0.4 is 5.32 Å². The zero-order valence-corrected chi connectivity index (χ0v) is 8.64. The zero-order valence-electron chi connectivity index (χ0n) is 8.64. The number of amides is 1. The van der Waals surface area contributed by atoms with Gasteiger partial charge in [-0.15, -0.1) is 0 Å². The number of anilines is 1. The fourth-order valence-electron chi connectivity index (χ4n) is 1.49. The van der Waals surface area contributed by atoms with Crippen molar-refractivity contribution < 1.29 is 9.18 Å². The van der Waals surface area contributed by atoms with Crippen LogP contribution >= 0.6 is 0 Å². The van der Waals surface area contributed by atoms with E-state index in [1.54, 1.807) is 36.0 Å². The van der Waals surface area contributed by atoms with Crippen LogP contribution in [0.5, 0.6) is 0 Å². The molecule has 0 radical (unpaired) electrons. The quantitative estimate of drug-likeness (QED) is 0.801. The molecular weight excluding hydrogens is 209 g/mol. The molecule has 16 heavy (non-hydrogen) atoms. The van der Waals surface area contributed by atoms with Crippen LogP contribution in [-0.4, -0.2) is 16.0 Å². The number of rotatable bonds is 3. The summed E-state index contributed by atoms with van der Waals surface area (Å²) in [7, 11) is 0. The van der Waals surface area contributed by atoms with E-state index in [9.17, 15) is 9.18 Å². The van der Waals surface area contributed by atoms with E-state index in [1.165, 1.54) is 6.07 Å². The van der Waals surface area contributed by atoms with Crippen LogP contribution in [0.15, 0.2) is 30.6 Å². The summed E-state index contributed by atoms with van der Waals surface area (Å²) in [6.45, 7) is 1.79. The van der Waals surface area contributed by atoms with Gasteiger partial charge in [0.25, 0.3) is 0 Å². The first-order valence-corrected chi connectivity index (χ1v) is 4.72. The maximum atomic E-state index is 13.7. The molecule has 2 rings (SSSR count). The van der Waals surface area contributed by atoms with Gasteiger partial charge in [0.2, 0.25) is 6.41 Å². The highest BCUT2D eigenvalue weighted by Gasteiger charge is 2.07. The summed E-state index contributed by atoms with van der Waals surface area (Å²) >= 11 is 0. The van der Waals surface area contributed by atoms with E-state index in [4.69, 9.17) is 0 Å². The smallest absolute Gasteiger partial charge is 0.211 e. The SMILES string of the molecule is Cc1nccn1-c1ccc(NC=O)cc1F. The number of aromatic nitrogens is 2. The second-order valence-corrected chi connectivity index (χ2v) is 3.27. The van der Waals surface area contributed by atoms with Crippen molar-refractivity contribution >= 4 is 12.1 Å². The number of nitrogens with one attached hydrogen (secondary N) is 1. The molecule has 0 spiro atoms. The molecule has 0 aliphatic rings. The topological polar surface area (TPSA) is 46.9 Å². The predicted molar refractivity (Wildman–Crippen MR) is 57.9 cm³/mol. The van der Waals surface area contributed by atoms with Gasteiger partial charge in [0.15, 0.2) is 0 Å². The van der Waals surface area contributed by atoms with E-state index in [0.717, 1.165) is 0 Å². The van der Waals surface area contributed by atoms with Crippen LogP contribution in [-0.2, 0) is 4.79 Å². The lowest BCUT2D eigenvalue weighted by atomic mass is 10.2. The van der Waals surface area contributed by atoms with E-state index < -0.39 is 5.82 Å². The molecule has 0 atom stereocenters. The van der Waals surface area contributed by atoms with Crippen molar-refractivity contribution in [1.29, 1.82) is 0 Å². The van der Waals surface area contributed by atoms with Gasteiger partial charge in [0.05, 0.1) is 5.69 Å². The van der Waals surface area contributed by atoms with Gasteiger partial charge >= 0.3 is 0 Å². The van der Waals surface area contributed by atoms with E-state index in [-0.39, 0.29) is 0 Å². The first-order chi connectivity index (χ1) is 7.72. The Morgan fingerprint density at radius 3 is 2.88 bits per heavy atom. The van der Waals surface area contributed by atoms with Crippen molar-refractivity contribution in [1.82, 2.24) is 9.55 Å². The summed E-state index contributed by atoms with van der Waals surface area (Å²) in [6.07, 6.45) is 3.80. The molecule has 1 aromatic carbocycles. The second kappa shape index (κ2) is 4.14. The highest BCUT2D eigenvalue weighted by atomic mass is 19.1. The molecule has 1 heterocycles. The number of hydrogen-bond acceptors (Lipinski definition) is 2. The molecule has 1 aromatic heterocycles. The number of carbonyl (C=O) groups is 1. The van der Waals surface area contributed by atoms with Crippen LogP contribution in [0.1, 0.15) is 5.82 Å². The minimum absolute atomic E-state index is 0.409. The van der Waals surface area contributed by atoms with Crippen molar-refractivity contribution in [3.05, 3.63) is 42.2 Å². The number of aryl methyl sites for hydroxylation is 1. The van der Waals surface area contributed by atoms with Crippen LogP contribution in [0.4, 0.5) is 10.1 Å². The standard InChI is InChI=1S/C11H10FN3O/c1-8-13-4-5-15(8)11-3-2-9(14-7-16)6-10(11)12/h2-7H,1H3,(H,14,16). The summed E-state index contributed by atoms with van der Waals surface area (Å²) in [5, 5.41) is 2.39. The molecule has 82 valence electrons. The third-order valence-corrected chi connectivity index (χ3v) is 2.26. The number of imidazole rings is 1. The molecule has 1 amide bonds. The minimum atomic E-state index is -0.409. The lowest BCUT2D eigenvalue weighted by Gasteiger charge is -2.07. The molecule has 2 aromatic rings. The van der Waals surface area contributed by atoms with Gasteiger partial charge in [-0.25, -0.2) is 9.37 Å². The molecule has 0 saturated heterocycles. The highest BCUT2D eigenvalue weighted by Crippen LogP contribution is 2.18. The molecule has 0 aliphatic heterocycles. The lowest BCUT2D eigenvalue weighted by molar-refractivity contribution is -0.105. The Kier molecular flexibility index (Phi) is 2.68. The third kappa shape index (κ3) is 1.79. The van der Waals surface area contributed by atoms with Crippen molar-refractivity contribution in [2.75, 3.05) is 5.32 Å². The van der Waals surface area contributed by atoms with Crippen molar-refractivity contribution in [3.8, 4) is 5.69 Å². The van der Waals surface area contributed by atoms with Crippen molar-refractivity contribution in [2.45, 2.75) is 6.92 Å². The predicted octanol–water partition coefficient (Wildman–Crippen LogP) is 1.89. The monoisotopic (exact) mass is 219 g/mol. The van der Waals surface area contributed by atoms with Gasteiger partial charge in [0.1, 0.15) is 11.6 Å². The maximum Gasteiger partial charge on any atom is 0.211 e. The molecular formula is C11H10FN3O. The normalized spacial score (nSPS) is 10.1. The summed E-state index contributed by atoms with van der Waals surface area (Å²) in [5.41, 5.74) is 0.834. The second-order valence-electron chi connectivity index (χ2n) is 3.27. The molecule has 0 bridgehead atoms. The average molecular weight is 219 g/mol. The third-order valence-electron chi connectivity index (χ3n) is 2.26. The van der Waals surface area contributed by atoms with Crippen LogP contribution in [0, 0.1) is 12.7 Å². The average Bonchev–Trinajstić information content (AvgIpc) is 2.65.